The largest absolute Gasteiger partial charge is 0.379 e. The van der Waals surface area contributed by atoms with E-state index < -0.39 is 0 Å². The van der Waals surface area contributed by atoms with E-state index in [-0.39, 0.29) is 29.8 Å². The van der Waals surface area contributed by atoms with Gasteiger partial charge in [0.15, 0.2) is 5.96 Å². The number of unbranched alkanes of at least 4 members (excludes halogenated alkanes) is 1. The average molecular weight is 464 g/mol. The first-order valence-corrected chi connectivity index (χ1v) is 8.68. The third-order valence-electron chi connectivity index (χ3n) is 4.20. The zero-order valence-electron chi connectivity index (χ0n) is 15.2. The van der Waals surface area contributed by atoms with Crippen molar-refractivity contribution >= 4 is 29.9 Å². The van der Waals surface area contributed by atoms with Crippen molar-refractivity contribution in [2.24, 2.45) is 4.99 Å². The van der Waals surface area contributed by atoms with E-state index in [1.54, 1.807) is 20.0 Å². The van der Waals surface area contributed by atoms with Gasteiger partial charge >= 0.3 is 0 Å². The smallest absolute Gasteiger partial charge is 0.191 e. The molecule has 25 heavy (non-hydrogen) atoms. The highest BCUT2D eigenvalue weighted by atomic mass is 127. The highest BCUT2D eigenvalue weighted by Crippen LogP contribution is 2.08. The fourth-order valence-electron chi connectivity index (χ4n) is 2.72. The normalized spacial score (nSPS) is 15.6. The van der Waals surface area contributed by atoms with Crippen LogP contribution in [0.2, 0.25) is 0 Å². The quantitative estimate of drug-likeness (QED) is 0.282. The van der Waals surface area contributed by atoms with Crippen LogP contribution in [-0.2, 0) is 11.3 Å². The minimum absolute atomic E-state index is 0. The van der Waals surface area contributed by atoms with Crippen molar-refractivity contribution in [3.05, 3.63) is 35.1 Å². The molecule has 0 unspecified atom stereocenters. The van der Waals surface area contributed by atoms with Crippen LogP contribution in [0.3, 0.4) is 0 Å². The molecule has 0 spiro atoms. The Morgan fingerprint density at radius 2 is 2.00 bits per heavy atom. The Morgan fingerprint density at radius 3 is 2.68 bits per heavy atom. The number of nitrogens with zero attached hydrogens (tertiary/aromatic N) is 2. The monoisotopic (exact) mass is 464 g/mol. The number of rotatable bonds is 7. The first-order chi connectivity index (χ1) is 11.7. The number of morpholine rings is 1. The summed E-state index contributed by atoms with van der Waals surface area (Å²) in [5.41, 5.74) is 1.71. The third kappa shape index (κ3) is 8.33. The van der Waals surface area contributed by atoms with Gasteiger partial charge in [0, 0.05) is 33.2 Å². The minimum Gasteiger partial charge on any atom is -0.379 e. The summed E-state index contributed by atoms with van der Waals surface area (Å²) >= 11 is 0. The van der Waals surface area contributed by atoms with E-state index in [0.717, 1.165) is 57.3 Å². The predicted octanol–water partition coefficient (Wildman–Crippen LogP) is 2.53. The maximum absolute atomic E-state index is 13.3. The maximum Gasteiger partial charge on any atom is 0.191 e. The van der Waals surface area contributed by atoms with Crippen LogP contribution in [-0.4, -0.2) is 57.3 Å². The van der Waals surface area contributed by atoms with Crippen LogP contribution in [0.25, 0.3) is 0 Å². The van der Waals surface area contributed by atoms with Gasteiger partial charge in [0.1, 0.15) is 5.82 Å². The van der Waals surface area contributed by atoms with Gasteiger partial charge in [0.2, 0.25) is 0 Å². The predicted molar refractivity (Wildman–Crippen MR) is 111 cm³/mol. The number of aryl methyl sites for hydroxylation is 1. The van der Waals surface area contributed by atoms with Crippen LogP contribution < -0.4 is 10.6 Å². The lowest BCUT2D eigenvalue weighted by molar-refractivity contribution is 0.0372. The highest BCUT2D eigenvalue weighted by molar-refractivity contribution is 14.0. The Bertz CT molecular complexity index is 536. The molecule has 0 aromatic heterocycles. The molecule has 2 N–H and O–H groups in total. The Balaban J connectivity index is 0.00000312. The number of guanidine groups is 1. The summed E-state index contributed by atoms with van der Waals surface area (Å²) in [4.78, 5) is 6.68. The molecule has 0 atom stereocenters. The van der Waals surface area contributed by atoms with Crippen molar-refractivity contribution < 1.29 is 9.13 Å². The molecule has 1 heterocycles. The summed E-state index contributed by atoms with van der Waals surface area (Å²) < 4.78 is 18.6. The first kappa shape index (κ1) is 22.1. The topological polar surface area (TPSA) is 48.9 Å². The molecule has 0 radical (unpaired) electrons. The van der Waals surface area contributed by atoms with E-state index in [1.807, 2.05) is 6.07 Å². The lowest BCUT2D eigenvalue weighted by Gasteiger charge is -2.26. The number of benzene rings is 1. The number of nitrogens with one attached hydrogen (secondary N) is 2. The van der Waals surface area contributed by atoms with Crippen molar-refractivity contribution in [1.29, 1.82) is 0 Å². The van der Waals surface area contributed by atoms with Crippen molar-refractivity contribution in [2.75, 3.05) is 46.4 Å². The van der Waals surface area contributed by atoms with Gasteiger partial charge in [-0.25, -0.2) is 4.39 Å². The second kappa shape index (κ2) is 12.4. The van der Waals surface area contributed by atoms with Gasteiger partial charge in [0.25, 0.3) is 0 Å². The highest BCUT2D eigenvalue weighted by Gasteiger charge is 2.09. The van der Waals surface area contributed by atoms with Crippen molar-refractivity contribution in [3.63, 3.8) is 0 Å². The summed E-state index contributed by atoms with van der Waals surface area (Å²) in [5, 5.41) is 6.59. The molecule has 142 valence electrons. The molecule has 1 aliphatic heterocycles. The van der Waals surface area contributed by atoms with Gasteiger partial charge in [-0.3, -0.25) is 9.89 Å². The van der Waals surface area contributed by atoms with Gasteiger partial charge < -0.3 is 15.4 Å². The Morgan fingerprint density at radius 1 is 1.24 bits per heavy atom. The molecule has 0 saturated carbocycles. The van der Waals surface area contributed by atoms with E-state index in [9.17, 15) is 4.39 Å². The maximum atomic E-state index is 13.3. The second-order valence-electron chi connectivity index (χ2n) is 6.10. The number of ether oxygens (including phenoxy) is 1. The summed E-state index contributed by atoms with van der Waals surface area (Å²) in [6.45, 7) is 8.25. The van der Waals surface area contributed by atoms with E-state index >= 15 is 0 Å². The van der Waals surface area contributed by atoms with Crippen LogP contribution in [0.1, 0.15) is 24.0 Å². The standard InChI is InChI=1S/C18H29FN4O.HI/c1-15-13-16(5-6-17(15)19)14-22-18(20-2)21-7-3-4-8-23-9-11-24-12-10-23;/h5-6,13H,3-4,7-12,14H2,1-2H3,(H2,20,21,22);1H. The van der Waals surface area contributed by atoms with Crippen LogP contribution in [0.15, 0.2) is 23.2 Å². The number of halogens is 2. The molecule has 1 aromatic carbocycles. The third-order valence-corrected chi connectivity index (χ3v) is 4.20. The molecule has 1 aromatic rings. The lowest BCUT2D eigenvalue weighted by atomic mass is 10.1. The molecule has 1 saturated heterocycles. The Hall–Kier alpha value is -0.930. The van der Waals surface area contributed by atoms with Crippen molar-refractivity contribution in [2.45, 2.75) is 26.3 Å². The molecule has 1 fully saturated rings. The molecule has 2 rings (SSSR count). The van der Waals surface area contributed by atoms with Gasteiger partial charge in [-0.05, 0) is 43.5 Å². The summed E-state index contributed by atoms with van der Waals surface area (Å²) in [6, 6.07) is 5.16. The van der Waals surface area contributed by atoms with E-state index in [2.05, 4.69) is 20.5 Å². The molecule has 0 aliphatic carbocycles. The van der Waals surface area contributed by atoms with Gasteiger partial charge in [0.05, 0.1) is 13.2 Å². The Kier molecular flexibility index (Phi) is 11.0. The summed E-state index contributed by atoms with van der Waals surface area (Å²) in [6.07, 6.45) is 2.27. The van der Waals surface area contributed by atoms with Crippen molar-refractivity contribution in [3.8, 4) is 0 Å². The molecule has 1 aliphatic rings. The Labute approximate surface area is 167 Å². The van der Waals surface area contributed by atoms with Crippen LogP contribution in [0, 0.1) is 12.7 Å². The molecular weight excluding hydrogens is 434 g/mol. The number of aliphatic imine (C=N–C) groups is 1. The van der Waals surface area contributed by atoms with Crippen LogP contribution in [0.5, 0.6) is 0 Å². The second-order valence-corrected chi connectivity index (χ2v) is 6.10. The fourth-order valence-corrected chi connectivity index (χ4v) is 2.72. The zero-order chi connectivity index (χ0) is 17.2. The number of hydrogen-bond donors (Lipinski definition) is 2. The summed E-state index contributed by atoms with van der Waals surface area (Å²) in [5.74, 6) is 0.616. The van der Waals surface area contributed by atoms with Crippen molar-refractivity contribution in [1.82, 2.24) is 15.5 Å². The average Bonchev–Trinajstić information content (AvgIpc) is 2.61. The van der Waals surface area contributed by atoms with E-state index in [4.69, 9.17) is 4.74 Å². The molecular formula is C18H30FIN4O. The van der Waals surface area contributed by atoms with E-state index in [1.165, 1.54) is 12.5 Å². The molecule has 5 nitrogen and oxygen atoms in total. The summed E-state index contributed by atoms with van der Waals surface area (Å²) in [7, 11) is 1.76. The zero-order valence-corrected chi connectivity index (χ0v) is 17.5. The SMILES string of the molecule is CN=C(NCCCCN1CCOCC1)NCc1ccc(F)c(C)c1.I. The van der Waals surface area contributed by atoms with E-state index in [0.29, 0.717) is 12.1 Å². The van der Waals surface area contributed by atoms with Gasteiger partial charge in [-0.1, -0.05) is 12.1 Å². The first-order valence-electron chi connectivity index (χ1n) is 8.68. The number of hydrogen-bond acceptors (Lipinski definition) is 3. The van der Waals surface area contributed by atoms with Gasteiger partial charge in [-0.2, -0.15) is 0 Å². The molecule has 7 heteroatoms. The van der Waals surface area contributed by atoms with Gasteiger partial charge in [-0.15, -0.1) is 24.0 Å². The molecule has 0 bridgehead atoms. The lowest BCUT2D eigenvalue weighted by Crippen LogP contribution is -2.38. The molecule has 0 amide bonds. The minimum atomic E-state index is -0.165. The van der Waals surface area contributed by atoms with Crippen LogP contribution >= 0.6 is 24.0 Å². The van der Waals surface area contributed by atoms with Crippen LogP contribution in [0.4, 0.5) is 4.39 Å². The fraction of sp³-hybridized carbons (Fsp3) is 0.611.